The van der Waals surface area contributed by atoms with Crippen LogP contribution in [0.25, 0.3) is 0 Å². The van der Waals surface area contributed by atoms with Crippen molar-refractivity contribution >= 4 is 5.91 Å². The van der Waals surface area contributed by atoms with Gasteiger partial charge < -0.3 is 0 Å². The van der Waals surface area contributed by atoms with Crippen LogP contribution in [0.5, 0.6) is 0 Å². The Kier molecular flexibility index (Phi) is 2.95. The average Bonchev–Trinajstić information content (AvgIpc) is 2.15. The van der Waals surface area contributed by atoms with E-state index in [0.29, 0.717) is 0 Å². The van der Waals surface area contributed by atoms with Crippen LogP contribution in [-0.4, -0.2) is 12.2 Å². The molecule has 0 aliphatic rings. The Balaban J connectivity index is 2.80. The quantitative estimate of drug-likeness (QED) is 0.725. The molecule has 15 heavy (non-hydrogen) atoms. The lowest BCUT2D eigenvalue weighted by atomic mass is 10.1. The number of carbonyl (C=O) groups is 1. The Morgan fingerprint density at radius 2 is 1.80 bits per heavy atom. The van der Waals surface area contributed by atoms with Gasteiger partial charge in [-0.1, -0.05) is 0 Å². The van der Waals surface area contributed by atoms with Crippen LogP contribution >= 0.6 is 0 Å². The number of benzene rings is 1. The first-order valence-corrected chi connectivity index (χ1v) is 3.82. The highest BCUT2D eigenvalue weighted by Gasteiger charge is 2.30. The van der Waals surface area contributed by atoms with Crippen molar-refractivity contribution in [3.8, 4) is 6.07 Å². The van der Waals surface area contributed by atoms with Crippen LogP contribution in [-0.2, 0) is 0 Å². The highest BCUT2D eigenvalue weighted by atomic mass is 19.4. The van der Waals surface area contributed by atoms with E-state index in [0.717, 1.165) is 17.4 Å². The van der Waals surface area contributed by atoms with Crippen molar-refractivity contribution in [1.29, 1.82) is 5.26 Å². The predicted octanol–water partition coefficient (Wildman–Crippen LogP) is 1.81. The summed E-state index contributed by atoms with van der Waals surface area (Å²) in [6, 6.07) is 6.63. The topological polar surface area (TPSA) is 52.9 Å². The molecule has 0 aromatic heterocycles. The molecule has 0 heterocycles. The highest BCUT2D eigenvalue weighted by Crippen LogP contribution is 2.11. The molecular formula is C9H5F3N2O. The van der Waals surface area contributed by atoms with Gasteiger partial charge >= 0.3 is 6.30 Å². The SMILES string of the molecule is N#Cc1ccc(C(=O)NC(F)(F)F)cc1. The van der Waals surface area contributed by atoms with Crippen LogP contribution < -0.4 is 5.32 Å². The summed E-state index contributed by atoms with van der Waals surface area (Å²) in [6.07, 6.45) is -4.75. The summed E-state index contributed by atoms with van der Waals surface area (Å²) in [5.41, 5.74) is 0.130. The Bertz CT molecular complexity index is 403. The Labute approximate surface area is 83.1 Å². The van der Waals surface area contributed by atoms with Gasteiger partial charge in [0.25, 0.3) is 5.91 Å². The van der Waals surface area contributed by atoms with Crippen molar-refractivity contribution in [1.82, 2.24) is 5.32 Å². The molecule has 78 valence electrons. The molecule has 1 N–H and O–H groups in total. The van der Waals surface area contributed by atoms with Crippen molar-refractivity contribution < 1.29 is 18.0 Å². The van der Waals surface area contributed by atoms with Gasteiger partial charge in [-0.15, -0.1) is 0 Å². The van der Waals surface area contributed by atoms with E-state index in [9.17, 15) is 18.0 Å². The van der Waals surface area contributed by atoms with Crippen LogP contribution in [0.3, 0.4) is 0 Å². The van der Waals surface area contributed by atoms with Gasteiger partial charge in [0.15, 0.2) is 0 Å². The molecule has 0 radical (unpaired) electrons. The monoisotopic (exact) mass is 214 g/mol. The van der Waals surface area contributed by atoms with Crippen LogP contribution in [0.4, 0.5) is 13.2 Å². The normalized spacial score (nSPS) is 10.5. The first-order valence-electron chi connectivity index (χ1n) is 3.82. The number of nitriles is 1. The standard InChI is InChI=1S/C9H5F3N2O/c10-9(11,12)14-8(15)7-3-1-6(5-13)2-4-7/h1-4H,(H,14,15). The molecule has 0 saturated carbocycles. The summed E-state index contributed by atoms with van der Waals surface area (Å²) in [7, 11) is 0. The van der Waals surface area contributed by atoms with Crippen LogP contribution in [0.2, 0.25) is 0 Å². The maximum absolute atomic E-state index is 11.8. The molecule has 1 rings (SSSR count). The fraction of sp³-hybridized carbons (Fsp3) is 0.111. The minimum atomic E-state index is -4.75. The first-order chi connectivity index (χ1) is 6.92. The van der Waals surface area contributed by atoms with Gasteiger partial charge in [0.1, 0.15) is 0 Å². The number of carbonyl (C=O) groups excluding carboxylic acids is 1. The molecule has 0 saturated heterocycles. The summed E-state index contributed by atoms with van der Waals surface area (Å²) in [6.45, 7) is 0. The number of rotatable bonds is 1. The second kappa shape index (κ2) is 4.00. The number of halogens is 3. The number of hydrogen-bond donors (Lipinski definition) is 1. The molecule has 0 atom stereocenters. The zero-order chi connectivity index (χ0) is 11.5. The van der Waals surface area contributed by atoms with E-state index in [1.165, 1.54) is 12.1 Å². The fourth-order valence-corrected chi connectivity index (χ4v) is 0.897. The summed E-state index contributed by atoms with van der Waals surface area (Å²) in [5, 5.41) is 9.27. The molecular weight excluding hydrogens is 209 g/mol. The van der Waals surface area contributed by atoms with Crippen molar-refractivity contribution in [2.24, 2.45) is 0 Å². The van der Waals surface area contributed by atoms with E-state index in [-0.39, 0.29) is 11.1 Å². The molecule has 3 nitrogen and oxygen atoms in total. The second-order valence-electron chi connectivity index (χ2n) is 2.64. The third kappa shape index (κ3) is 3.31. The van der Waals surface area contributed by atoms with Crippen LogP contribution in [0, 0.1) is 11.3 Å². The summed E-state index contributed by atoms with van der Waals surface area (Å²) < 4.78 is 35.3. The van der Waals surface area contributed by atoms with E-state index in [4.69, 9.17) is 5.26 Å². The number of hydrogen-bond acceptors (Lipinski definition) is 2. The average molecular weight is 214 g/mol. The number of alkyl halides is 3. The number of amides is 1. The van der Waals surface area contributed by atoms with Crippen LogP contribution in [0.15, 0.2) is 24.3 Å². The Hall–Kier alpha value is -2.03. The lowest BCUT2D eigenvalue weighted by molar-refractivity contribution is -0.146. The smallest absolute Gasteiger partial charge is 0.269 e. The molecule has 0 aliphatic heterocycles. The van der Waals surface area contributed by atoms with E-state index in [1.54, 1.807) is 6.07 Å². The Morgan fingerprint density at radius 3 is 2.20 bits per heavy atom. The van der Waals surface area contributed by atoms with Crippen molar-refractivity contribution in [2.45, 2.75) is 6.30 Å². The fourth-order valence-electron chi connectivity index (χ4n) is 0.897. The van der Waals surface area contributed by atoms with Gasteiger partial charge in [-0.3, -0.25) is 10.1 Å². The van der Waals surface area contributed by atoms with Gasteiger partial charge in [0.05, 0.1) is 11.6 Å². The molecule has 0 aliphatic carbocycles. The van der Waals surface area contributed by atoms with Crippen LogP contribution in [0.1, 0.15) is 15.9 Å². The summed E-state index contributed by atoms with van der Waals surface area (Å²) in [4.78, 5) is 10.9. The lowest BCUT2D eigenvalue weighted by Crippen LogP contribution is -2.37. The second-order valence-corrected chi connectivity index (χ2v) is 2.64. The minimum Gasteiger partial charge on any atom is -0.269 e. The number of nitrogens with one attached hydrogen (secondary N) is 1. The van der Waals surface area contributed by atoms with E-state index < -0.39 is 12.2 Å². The molecule has 0 bridgehead atoms. The van der Waals surface area contributed by atoms with Gasteiger partial charge in [-0.05, 0) is 24.3 Å². The van der Waals surface area contributed by atoms with Crippen molar-refractivity contribution in [3.63, 3.8) is 0 Å². The largest absolute Gasteiger partial charge is 0.484 e. The zero-order valence-corrected chi connectivity index (χ0v) is 7.30. The maximum atomic E-state index is 11.8. The highest BCUT2D eigenvalue weighted by molar-refractivity contribution is 5.94. The molecule has 1 amide bonds. The van der Waals surface area contributed by atoms with Crippen molar-refractivity contribution in [2.75, 3.05) is 0 Å². The third-order valence-corrected chi connectivity index (χ3v) is 1.53. The number of nitrogens with zero attached hydrogens (tertiary/aromatic N) is 1. The minimum absolute atomic E-state index is 0.147. The molecule has 1 aromatic carbocycles. The van der Waals surface area contributed by atoms with Gasteiger partial charge in [0.2, 0.25) is 0 Å². The summed E-state index contributed by atoms with van der Waals surface area (Å²) >= 11 is 0. The third-order valence-electron chi connectivity index (χ3n) is 1.53. The zero-order valence-electron chi connectivity index (χ0n) is 7.30. The molecule has 0 fully saturated rings. The lowest BCUT2D eigenvalue weighted by Gasteiger charge is -2.07. The Morgan fingerprint density at radius 1 is 1.27 bits per heavy atom. The van der Waals surface area contributed by atoms with Crippen molar-refractivity contribution in [3.05, 3.63) is 35.4 Å². The first kappa shape index (κ1) is 11.0. The van der Waals surface area contributed by atoms with Gasteiger partial charge in [0, 0.05) is 5.56 Å². The molecule has 6 heteroatoms. The van der Waals surface area contributed by atoms with E-state index in [2.05, 4.69) is 0 Å². The van der Waals surface area contributed by atoms with Gasteiger partial charge in [-0.2, -0.15) is 18.4 Å². The summed E-state index contributed by atoms with van der Waals surface area (Å²) in [5.74, 6) is -1.24. The molecule has 0 spiro atoms. The van der Waals surface area contributed by atoms with E-state index in [1.807, 2.05) is 0 Å². The molecule has 0 unspecified atom stereocenters. The maximum Gasteiger partial charge on any atom is 0.484 e. The van der Waals surface area contributed by atoms with Gasteiger partial charge in [-0.25, -0.2) is 0 Å². The molecule has 1 aromatic rings. The predicted molar refractivity (Wildman–Crippen MR) is 44.7 cm³/mol. The van der Waals surface area contributed by atoms with E-state index >= 15 is 0 Å².